The maximum Gasteiger partial charge on any atom is 0.229 e. The fourth-order valence-electron chi connectivity index (χ4n) is 0.939. The summed E-state index contributed by atoms with van der Waals surface area (Å²) < 4.78 is 4.94. The Kier molecular flexibility index (Phi) is 7.83. The monoisotopic (exact) mass is 199 g/mol. The lowest BCUT2D eigenvalue weighted by atomic mass is 10.2. The van der Waals surface area contributed by atoms with Gasteiger partial charge in [-0.25, -0.2) is 0 Å². The molecule has 0 aromatic rings. The molecule has 0 rings (SSSR count). The summed E-state index contributed by atoms with van der Waals surface area (Å²) in [5.41, 5.74) is 0.938. The molecule has 4 heteroatoms. The second kappa shape index (κ2) is 8.13. The largest absolute Gasteiger partial charge is 0.421 e. The predicted molar refractivity (Wildman–Crippen MR) is 55.5 cm³/mol. The van der Waals surface area contributed by atoms with Crippen molar-refractivity contribution >= 4 is 21.3 Å². The van der Waals surface area contributed by atoms with Gasteiger partial charge in [0.15, 0.2) is 0 Å². The smallest absolute Gasteiger partial charge is 0.229 e. The Balaban J connectivity index is 3.42. The Morgan fingerprint density at radius 1 is 1.46 bits per heavy atom. The van der Waals surface area contributed by atoms with Crippen molar-refractivity contribution in [3.8, 4) is 0 Å². The van der Waals surface area contributed by atoms with Crippen LogP contribution in [0.5, 0.6) is 0 Å². The van der Waals surface area contributed by atoms with E-state index in [4.69, 9.17) is 4.43 Å². The molecule has 0 bridgehead atoms. The van der Waals surface area contributed by atoms with E-state index in [1.807, 2.05) is 6.92 Å². The lowest BCUT2D eigenvalue weighted by Gasteiger charge is -1.97. The number of nitrogens with zero attached hydrogens (tertiary/aromatic N) is 1. The lowest BCUT2D eigenvalue weighted by Crippen LogP contribution is -2.01. The highest BCUT2D eigenvalue weighted by Crippen LogP contribution is 1.93. The zero-order chi connectivity index (χ0) is 10.1. The van der Waals surface area contributed by atoms with Crippen molar-refractivity contribution in [3.63, 3.8) is 0 Å². The molecule has 0 aromatic carbocycles. The van der Waals surface area contributed by atoms with E-state index in [9.17, 15) is 4.79 Å². The van der Waals surface area contributed by atoms with Gasteiger partial charge >= 0.3 is 0 Å². The van der Waals surface area contributed by atoms with Gasteiger partial charge in [0.2, 0.25) is 9.76 Å². The fraction of sp³-hybridized carbons (Fsp3) is 0.778. The van der Waals surface area contributed by atoms with Crippen molar-refractivity contribution in [3.05, 3.63) is 0 Å². The van der Waals surface area contributed by atoms with Crippen LogP contribution in [0.3, 0.4) is 0 Å². The summed E-state index contributed by atoms with van der Waals surface area (Å²) in [7, 11) is 2.29. The van der Waals surface area contributed by atoms with E-state index in [-0.39, 0.29) is 5.78 Å². The molecule has 0 aliphatic rings. The van der Waals surface area contributed by atoms with Crippen molar-refractivity contribution < 1.29 is 9.22 Å². The van der Waals surface area contributed by atoms with Gasteiger partial charge in [-0.15, -0.1) is 0 Å². The minimum atomic E-state index is 0.181. The van der Waals surface area contributed by atoms with Crippen LogP contribution < -0.4 is 0 Å². The summed E-state index contributed by atoms with van der Waals surface area (Å²) in [6, 6.07) is 1.06. The van der Waals surface area contributed by atoms with E-state index in [1.54, 1.807) is 14.0 Å². The summed E-state index contributed by atoms with van der Waals surface area (Å²) in [6.07, 6.45) is 1.54. The molecule has 0 aromatic heterocycles. The molecule has 74 valence electrons. The maximum atomic E-state index is 10.7. The number of carbonyl (C=O) groups is 1. The molecular weight excluding hydrogens is 182 g/mol. The van der Waals surface area contributed by atoms with Crippen molar-refractivity contribution in [1.29, 1.82) is 0 Å². The molecule has 0 N–H and O–H groups in total. The van der Waals surface area contributed by atoms with Gasteiger partial charge < -0.3 is 4.43 Å². The van der Waals surface area contributed by atoms with Gasteiger partial charge in [0.05, 0.1) is 0 Å². The summed E-state index contributed by atoms with van der Waals surface area (Å²) in [5.74, 6) is 0.181. The number of hydrogen-bond donors (Lipinski definition) is 0. The van der Waals surface area contributed by atoms with Crippen LogP contribution in [-0.4, -0.2) is 34.9 Å². The lowest BCUT2D eigenvalue weighted by molar-refractivity contribution is -0.115. The molecule has 0 aliphatic heterocycles. The zero-order valence-corrected chi connectivity index (χ0v) is 9.59. The molecule has 13 heavy (non-hydrogen) atoms. The molecular formula is C9H17NO2Si. The first-order valence-corrected chi connectivity index (χ1v) is 5.53. The average molecular weight is 199 g/mol. The van der Waals surface area contributed by atoms with Crippen LogP contribution in [0.15, 0.2) is 4.99 Å². The number of hydrogen-bond acceptors (Lipinski definition) is 3. The van der Waals surface area contributed by atoms with Crippen LogP contribution in [0.1, 0.15) is 26.7 Å². The van der Waals surface area contributed by atoms with Crippen LogP contribution in [0.4, 0.5) is 0 Å². The molecule has 0 unspecified atom stereocenters. The highest BCUT2D eigenvalue weighted by molar-refractivity contribution is 6.26. The van der Waals surface area contributed by atoms with Crippen LogP contribution in [0, 0.1) is 0 Å². The third-order valence-electron chi connectivity index (χ3n) is 1.47. The zero-order valence-electron chi connectivity index (χ0n) is 8.59. The molecule has 2 radical (unpaired) electrons. The van der Waals surface area contributed by atoms with Crippen LogP contribution >= 0.6 is 0 Å². The number of Topliss-reactive ketones (excluding diaryl/α,β-unsaturated/α-hetero) is 1. The van der Waals surface area contributed by atoms with E-state index in [0.717, 1.165) is 24.7 Å². The number of aliphatic imine (C=N–C) groups is 1. The van der Waals surface area contributed by atoms with Gasteiger partial charge in [-0.3, -0.25) is 9.79 Å². The maximum absolute atomic E-state index is 10.7. The Hall–Kier alpha value is -0.483. The quantitative estimate of drug-likeness (QED) is 0.354. The third kappa shape index (κ3) is 9.43. The Morgan fingerprint density at radius 2 is 2.15 bits per heavy atom. The molecule has 0 aliphatic carbocycles. The van der Waals surface area contributed by atoms with Gasteiger partial charge in [0.1, 0.15) is 5.78 Å². The average Bonchev–Trinajstić information content (AvgIpc) is 2.02. The van der Waals surface area contributed by atoms with Gasteiger partial charge in [-0.2, -0.15) is 0 Å². The first kappa shape index (κ1) is 12.5. The first-order chi connectivity index (χ1) is 6.16. The summed E-state index contributed by atoms with van der Waals surface area (Å²) in [6.45, 7) is 4.31. The second-order valence-corrected chi connectivity index (χ2v) is 4.14. The minimum Gasteiger partial charge on any atom is -0.421 e. The fourth-order valence-corrected chi connectivity index (χ4v) is 1.45. The van der Waals surface area contributed by atoms with E-state index < -0.39 is 0 Å². The normalized spacial score (nSPS) is 11.8. The van der Waals surface area contributed by atoms with Crippen LogP contribution in [0.25, 0.3) is 0 Å². The molecule has 0 saturated carbocycles. The van der Waals surface area contributed by atoms with Gasteiger partial charge in [0, 0.05) is 25.8 Å². The standard InChI is InChI=1S/C9H17NO2Si/c1-8(7-9(2)11)10-5-4-6-13-12-3/h4-7H2,1-3H3. The second-order valence-electron chi connectivity index (χ2n) is 2.95. The molecule has 0 atom stereocenters. The van der Waals surface area contributed by atoms with E-state index in [0.29, 0.717) is 16.2 Å². The van der Waals surface area contributed by atoms with E-state index >= 15 is 0 Å². The summed E-state index contributed by atoms with van der Waals surface area (Å²) >= 11 is 0. The molecule has 0 fully saturated rings. The van der Waals surface area contributed by atoms with Gasteiger partial charge in [0.25, 0.3) is 0 Å². The minimum absolute atomic E-state index is 0.181. The molecule has 0 heterocycles. The van der Waals surface area contributed by atoms with E-state index in [1.165, 1.54) is 0 Å². The van der Waals surface area contributed by atoms with Crippen molar-refractivity contribution in [2.24, 2.45) is 4.99 Å². The summed E-state index contributed by atoms with van der Waals surface area (Å²) in [5, 5.41) is 0. The summed E-state index contributed by atoms with van der Waals surface area (Å²) in [4.78, 5) is 15.0. The number of rotatable bonds is 7. The SMILES string of the molecule is CO[Si]CCCN=C(C)CC(C)=O. The number of carbonyl (C=O) groups excluding carboxylic acids is 1. The van der Waals surface area contributed by atoms with Crippen molar-refractivity contribution in [1.82, 2.24) is 0 Å². The van der Waals surface area contributed by atoms with Gasteiger partial charge in [-0.1, -0.05) is 0 Å². The Morgan fingerprint density at radius 3 is 2.69 bits per heavy atom. The third-order valence-corrected chi connectivity index (χ3v) is 2.31. The molecule has 3 nitrogen and oxygen atoms in total. The Bertz CT molecular complexity index is 180. The highest BCUT2D eigenvalue weighted by atomic mass is 28.2. The van der Waals surface area contributed by atoms with E-state index in [2.05, 4.69) is 4.99 Å². The topological polar surface area (TPSA) is 38.7 Å². The molecule has 0 amide bonds. The van der Waals surface area contributed by atoms with Gasteiger partial charge in [-0.05, 0) is 26.3 Å². The Labute approximate surface area is 82.5 Å². The van der Waals surface area contributed by atoms with Crippen LogP contribution in [0.2, 0.25) is 6.04 Å². The van der Waals surface area contributed by atoms with Crippen molar-refractivity contribution in [2.75, 3.05) is 13.7 Å². The van der Waals surface area contributed by atoms with Crippen LogP contribution in [-0.2, 0) is 9.22 Å². The first-order valence-electron chi connectivity index (χ1n) is 4.42. The predicted octanol–water partition coefficient (Wildman–Crippen LogP) is 1.50. The number of ketones is 1. The molecule has 0 saturated heterocycles. The highest BCUT2D eigenvalue weighted by Gasteiger charge is 1.96. The molecule has 0 spiro atoms. The van der Waals surface area contributed by atoms with Crippen molar-refractivity contribution in [2.45, 2.75) is 32.7 Å².